The molecule has 2 amide bonds. The third kappa shape index (κ3) is 2.35. The molecule has 2 aromatic heterocycles. The highest BCUT2D eigenvalue weighted by atomic mass is 32.1. The zero-order valence-corrected chi connectivity index (χ0v) is 12.8. The summed E-state index contributed by atoms with van der Waals surface area (Å²) in [5, 5.41) is 0.527. The molecule has 1 aliphatic rings. The summed E-state index contributed by atoms with van der Waals surface area (Å²) in [5.41, 5.74) is 7.00. The van der Waals surface area contributed by atoms with Crippen LogP contribution in [-0.4, -0.2) is 11.8 Å². The van der Waals surface area contributed by atoms with Crippen molar-refractivity contribution in [3.8, 4) is 0 Å². The number of amides is 2. The maximum Gasteiger partial charge on any atom is 0.257 e. The Bertz CT molecular complexity index is 731. The van der Waals surface area contributed by atoms with Crippen LogP contribution < -0.4 is 10.6 Å². The van der Waals surface area contributed by atoms with E-state index in [1.807, 2.05) is 0 Å². The molecule has 0 radical (unpaired) electrons. The van der Waals surface area contributed by atoms with Crippen molar-refractivity contribution in [1.82, 2.24) is 0 Å². The molecule has 0 saturated heterocycles. The number of nitrogens with two attached hydrogens (primary N) is 1. The van der Waals surface area contributed by atoms with Gasteiger partial charge in [-0.1, -0.05) is 6.58 Å². The van der Waals surface area contributed by atoms with E-state index in [-0.39, 0.29) is 5.91 Å². The minimum atomic E-state index is -0.511. The molecule has 2 heterocycles. The van der Waals surface area contributed by atoms with Crippen LogP contribution in [0.3, 0.4) is 0 Å². The van der Waals surface area contributed by atoms with Gasteiger partial charge in [-0.2, -0.15) is 0 Å². The fourth-order valence-electron chi connectivity index (χ4n) is 2.76. The van der Waals surface area contributed by atoms with Gasteiger partial charge in [0.05, 0.1) is 11.8 Å². The molecule has 0 atom stereocenters. The number of furan rings is 1. The predicted octanol–water partition coefficient (Wildman–Crippen LogP) is 3.17. The first-order valence-corrected chi connectivity index (χ1v) is 7.89. The molecular weight excluding hydrogens is 300 g/mol. The van der Waals surface area contributed by atoms with Gasteiger partial charge < -0.3 is 10.2 Å². The topological polar surface area (TPSA) is 76.5 Å². The lowest BCUT2D eigenvalue weighted by Gasteiger charge is -2.18. The van der Waals surface area contributed by atoms with Gasteiger partial charge in [-0.25, -0.2) is 4.90 Å². The molecule has 0 fully saturated rings. The van der Waals surface area contributed by atoms with Gasteiger partial charge in [0.2, 0.25) is 5.88 Å². The van der Waals surface area contributed by atoms with Crippen LogP contribution in [0.5, 0.6) is 0 Å². The summed E-state index contributed by atoms with van der Waals surface area (Å²) in [6.45, 7) is 3.53. The number of hydrogen-bond acceptors (Lipinski definition) is 4. The Morgan fingerprint density at radius 1 is 1.36 bits per heavy atom. The Morgan fingerprint density at radius 2 is 2.14 bits per heavy atom. The number of nitrogens with zero attached hydrogens (tertiary/aromatic N) is 1. The van der Waals surface area contributed by atoms with E-state index in [9.17, 15) is 9.59 Å². The first-order valence-electron chi connectivity index (χ1n) is 7.08. The monoisotopic (exact) mass is 316 g/mol. The van der Waals surface area contributed by atoms with E-state index in [0.717, 1.165) is 36.1 Å². The number of rotatable bonds is 4. The summed E-state index contributed by atoms with van der Waals surface area (Å²) in [5.74, 6) is -0.509. The Kier molecular flexibility index (Phi) is 3.85. The maximum absolute atomic E-state index is 12.3. The molecule has 6 heteroatoms. The number of primary amides is 1. The molecular formula is C16H16N2O3S. The van der Waals surface area contributed by atoms with Gasteiger partial charge in [0.1, 0.15) is 5.00 Å². The van der Waals surface area contributed by atoms with E-state index in [2.05, 4.69) is 6.58 Å². The molecule has 114 valence electrons. The largest absolute Gasteiger partial charge is 0.448 e. The van der Waals surface area contributed by atoms with Crippen LogP contribution in [0.4, 0.5) is 10.9 Å². The van der Waals surface area contributed by atoms with Gasteiger partial charge in [-0.3, -0.25) is 9.59 Å². The number of thiophene rings is 1. The average molecular weight is 316 g/mol. The lowest BCUT2D eigenvalue weighted by molar-refractivity contribution is -0.113. The summed E-state index contributed by atoms with van der Waals surface area (Å²) < 4.78 is 5.35. The number of carbonyl (C=O) groups is 2. The minimum Gasteiger partial charge on any atom is -0.448 e. The fraction of sp³-hybridized carbons (Fsp3) is 0.250. The first-order chi connectivity index (χ1) is 10.6. The molecule has 0 bridgehead atoms. The minimum absolute atomic E-state index is 0.351. The van der Waals surface area contributed by atoms with Crippen LogP contribution in [0.1, 0.15) is 33.6 Å². The standard InChI is InChI=1S/C16H16N2O3S/c1-2-12(19)18(13-8-5-9-21-13)16-14(15(17)20)10-6-3-4-7-11(10)22-16/h2,5,8-9H,1,3-4,6-7H2,(H2,17,20). The number of carbonyl (C=O) groups excluding carboxylic acids is 2. The van der Waals surface area contributed by atoms with Crippen molar-refractivity contribution in [2.75, 3.05) is 4.90 Å². The van der Waals surface area contributed by atoms with Gasteiger partial charge >= 0.3 is 0 Å². The molecule has 0 spiro atoms. The molecule has 2 N–H and O–H groups in total. The summed E-state index contributed by atoms with van der Waals surface area (Å²) in [7, 11) is 0. The van der Waals surface area contributed by atoms with E-state index >= 15 is 0 Å². The Morgan fingerprint density at radius 3 is 2.77 bits per heavy atom. The normalized spacial score (nSPS) is 13.5. The highest BCUT2D eigenvalue weighted by molar-refractivity contribution is 7.17. The molecule has 1 aliphatic carbocycles. The van der Waals surface area contributed by atoms with Crippen LogP contribution in [0.15, 0.2) is 35.5 Å². The molecule has 0 aliphatic heterocycles. The third-order valence-electron chi connectivity index (χ3n) is 3.72. The van der Waals surface area contributed by atoms with Crippen molar-refractivity contribution in [2.45, 2.75) is 25.7 Å². The number of hydrogen-bond donors (Lipinski definition) is 1. The zero-order chi connectivity index (χ0) is 15.7. The highest BCUT2D eigenvalue weighted by Crippen LogP contribution is 2.42. The zero-order valence-electron chi connectivity index (χ0n) is 12.0. The Labute approximate surface area is 132 Å². The maximum atomic E-state index is 12.3. The van der Waals surface area contributed by atoms with Crippen molar-refractivity contribution in [3.63, 3.8) is 0 Å². The molecule has 2 aromatic rings. The number of aryl methyl sites for hydroxylation is 1. The Balaban J connectivity index is 2.19. The quantitative estimate of drug-likeness (QED) is 0.880. The van der Waals surface area contributed by atoms with Gasteiger partial charge in [0, 0.05) is 10.9 Å². The summed E-state index contributed by atoms with van der Waals surface area (Å²) in [6.07, 6.45) is 6.52. The van der Waals surface area contributed by atoms with Gasteiger partial charge in [0.25, 0.3) is 11.8 Å². The van der Waals surface area contributed by atoms with E-state index in [1.54, 1.807) is 12.1 Å². The fourth-order valence-corrected chi connectivity index (χ4v) is 4.16. The molecule has 22 heavy (non-hydrogen) atoms. The highest BCUT2D eigenvalue weighted by Gasteiger charge is 2.30. The smallest absolute Gasteiger partial charge is 0.257 e. The van der Waals surface area contributed by atoms with E-state index in [4.69, 9.17) is 10.2 Å². The molecule has 3 rings (SSSR count). The summed E-state index contributed by atoms with van der Waals surface area (Å²) in [4.78, 5) is 26.8. The van der Waals surface area contributed by atoms with Crippen LogP contribution in [0, 0.1) is 0 Å². The van der Waals surface area contributed by atoms with Crippen LogP contribution >= 0.6 is 11.3 Å². The Hall–Kier alpha value is -2.34. The lowest BCUT2D eigenvalue weighted by atomic mass is 9.95. The van der Waals surface area contributed by atoms with Gasteiger partial charge in [0.15, 0.2) is 0 Å². The van der Waals surface area contributed by atoms with Crippen LogP contribution in [0.25, 0.3) is 0 Å². The first kappa shape index (κ1) is 14.6. The lowest BCUT2D eigenvalue weighted by Crippen LogP contribution is -2.25. The molecule has 0 saturated carbocycles. The van der Waals surface area contributed by atoms with Crippen molar-refractivity contribution >= 4 is 34.0 Å². The molecule has 0 unspecified atom stereocenters. The van der Waals surface area contributed by atoms with E-state index < -0.39 is 5.91 Å². The molecule has 0 aromatic carbocycles. The van der Waals surface area contributed by atoms with Crippen LogP contribution in [0.2, 0.25) is 0 Å². The molecule has 5 nitrogen and oxygen atoms in total. The summed E-state index contributed by atoms with van der Waals surface area (Å²) in [6, 6.07) is 3.36. The second kappa shape index (κ2) is 5.81. The van der Waals surface area contributed by atoms with Crippen molar-refractivity contribution in [1.29, 1.82) is 0 Å². The van der Waals surface area contributed by atoms with Crippen molar-refractivity contribution < 1.29 is 14.0 Å². The summed E-state index contributed by atoms with van der Waals surface area (Å²) >= 11 is 1.44. The predicted molar refractivity (Wildman–Crippen MR) is 85.5 cm³/mol. The number of anilines is 2. The number of fused-ring (bicyclic) bond motifs is 1. The average Bonchev–Trinajstić information content (AvgIpc) is 3.14. The van der Waals surface area contributed by atoms with Crippen molar-refractivity contribution in [3.05, 3.63) is 47.1 Å². The second-order valence-electron chi connectivity index (χ2n) is 5.08. The van der Waals surface area contributed by atoms with E-state index in [0.29, 0.717) is 16.4 Å². The SMILES string of the molecule is C=CC(=O)N(c1ccco1)c1sc2c(c1C(N)=O)CCCC2. The van der Waals surface area contributed by atoms with Crippen LogP contribution in [-0.2, 0) is 17.6 Å². The van der Waals surface area contributed by atoms with E-state index in [1.165, 1.54) is 28.6 Å². The van der Waals surface area contributed by atoms with Crippen molar-refractivity contribution in [2.24, 2.45) is 5.73 Å². The second-order valence-corrected chi connectivity index (χ2v) is 6.17. The third-order valence-corrected chi connectivity index (χ3v) is 5.00. The van der Waals surface area contributed by atoms with Gasteiger partial charge in [-0.15, -0.1) is 11.3 Å². The van der Waals surface area contributed by atoms with Gasteiger partial charge in [-0.05, 0) is 43.4 Å².